The first-order valence-electron chi connectivity index (χ1n) is 4.88. The zero-order valence-electron chi connectivity index (χ0n) is 10.3. The molecule has 96 valence electrons. The molecular formula is C11H16O5S. The van der Waals surface area contributed by atoms with E-state index in [9.17, 15) is 8.42 Å². The van der Waals surface area contributed by atoms with Crippen molar-refractivity contribution in [1.82, 2.24) is 0 Å². The fourth-order valence-corrected chi connectivity index (χ4v) is 2.32. The molecule has 0 saturated heterocycles. The van der Waals surface area contributed by atoms with Crippen LogP contribution in [0.3, 0.4) is 0 Å². The number of rotatable bonds is 5. The highest BCUT2D eigenvalue weighted by atomic mass is 32.2. The van der Waals surface area contributed by atoms with Crippen LogP contribution in [0.2, 0.25) is 0 Å². The van der Waals surface area contributed by atoms with E-state index in [4.69, 9.17) is 14.2 Å². The topological polar surface area (TPSA) is 61.8 Å². The summed E-state index contributed by atoms with van der Waals surface area (Å²) < 4.78 is 38.4. The van der Waals surface area contributed by atoms with Crippen LogP contribution in [-0.4, -0.2) is 36.0 Å². The summed E-state index contributed by atoms with van der Waals surface area (Å²) in [5.41, 5.74) is 0.735. The van der Waals surface area contributed by atoms with Crippen molar-refractivity contribution in [2.75, 3.05) is 27.6 Å². The molecule has 0 heterocycles. The fraction of sp³-hybridized carbons (Fsp3) is 0.455. The van der Waals surface area contributed by atoms with Gasteiger partial charge in [0, 0.05) is 25.0 Å². The molecule has 0 aliphatic heterocycles. The van der Waals surface area contributed by atoms with E-state index >= 15 is 0 Å². The van der Waals surface area contributed by atoms with Crippen molar-refractivity contribution < 1.29 is 22.6 Å². The standard InChI is InChI=1S/C11H16O5S/c1-14-7-8-5-10(16-3)11(17(4,12)13)6-9(8)15-2/h5-6H,7H2,1-4H3. The van der Waals surface area contributed by atoms with Gasteiger partial charge in [0.2, 0.25) is 0 Å². The summed E-state index contributed by atoms with van der Waals surface area (Å²) >= 11 is 0. The minimum atomic E-state index is -3.36. The largest absolute Gasteiger partial charge is 0.496 e. The maximum atomic E-state index is 11.6. The number of benzene rings is 1. The molecule has 0 radical (unpaired) electrons. The number of hydrogen-bond acceptors (Lipinski definition) is 5. The lowest BCUT2D eigenvalue weighted by Gasteiger charge is -2.13. The average molecular weight is 260 g/mol. The van der Waals surface area contributed by atoms with Gasteiger partial charge in [-0.05, 0) is 6.07 Å². The molecule has 17 heavy (non-hydrogen) atoms. The third-order valence-corrected chi connectivity index (χ3v) is 3.38. The zero-order valence-corrected chi connectivity index (χ0v) is 11.1. The van der Waals surface area contributed by atoms with Crippen LogP contribution in [0.15, 0.2) is 17.0 Å². The van der Waals surface area contributed by atoms with Gasteiger partial charge in [-0.15, -0.1) is 0 Å². The Labute approximate surface area is 101 Å². The van der Waals surface area contributed by atoms with E-state index in [2.05, 4.69) is 0 Å². The summed E-state index contributed by atoms with van der Waals surface area (Å²) in [5, 5.41) is 0. The second-order valence-electron chi connectivity index (χ2n) is 3.52. The SMILES string of the molecule is COCc1cc(OC)c(S(C)(=O)=O)cc1OC. The molecule has 0 aliphatic rings. The molecule has 0 aromatic heterocycles. The second-order valence-corrected chi connectivity index (χ2v) is 5.50. The Bertz CT molecular complexity index is 493. The molecule has 0 atom stereocenters. The van der Waals surface area contributed by atoms with Gasteiger partial charge in [-0.25, -0.2) is 8.42 Å². The summed E-state index contributed by atoms with van der Waals surface area (Å²) in [4.78, 5) is 0.108. The predicted octanol–water partition coefficient (Wildman–Crippen LogP) is 1.25. The normalized spacial score (nSPS) is 11.3. The Hall–Kier alpha value is -1.27. The number of hydrogen-bond donors (Lipinski definition) is 0. The number of methoxy groups -OCH3 is 3. The lowest BCUT2D eigenvalue weighted by Crippen LogP contribution is -2.04. The molecule has 1 aromatic carbocycles. The minimum absolute atomic E-state index is 0.108. The van der Waals surface area contributed by atoms with Gasteiger partial charge in [0.25, 0.3) is 0 Å². The van der Waals surface area contributed by atoms with E-state index in [1.165, 1.54) is 20.3 Å². The smallest absolute Gasteiger partial charge is 0.179 e. The zero-order chi connectivity index (χ0) is 13.1. The lowest BCUT2D eigenvalue weighted by molar-refractivity contribution is 0.181. The van der Waals surface area contributed by atoms with E-state index in [0.717, 1.165) is 11.8 Å². The minimum Gasteiger partial charge on any atom is -0.496 e. The number of ether oxygens (including phenoxy) is 3. The van der Waals surface area contributed by atoms with E-state index in [1.54, 1.807) is 13.2 Å². The van der Waals surface area contributed by atoms with Crippen LogP contribution in [-0.2, 0) is 21.2 Å². The van der Waals surface area contributed by atoms with Crippen molar-refractivity contribution in [2.24, 2.45) is 0 Å². The van der Waals surface area contributed by atoms with Gasteiger partial charge in [-0.3, -0.25) is 0 Å². The van der Waals surface area contributed by atoms with Gasteiger partial charge >= 0.3 is 0 Å². The quantitative estimate of drug-likeness (QED) is 0.797. The molecule has 5 nitrogen and oxygen atoms in total. The highest BCUT2D eigenvalue weighted by molar-refractivity contribution is 7.90. The van der Waals surface area contributed by atoms with E-state index in [1.807, 2.05) is 0 Å². The highest BCUT2D eigenvalue weighted by Crippen LogP contribution is 2.32. The third-order valence-electron chi connectivity index (χ3n) is 2.27. The van der Waals surface area contributed by atoms with Crippen molar-refractivity contribution in [3.8, 4) is 11.5 Å². The molecular weight excluding hydrogens is 244 g/mol. The van der Waals surface area contributed by atoms with Crippen molar-refractivity contribution in [1.29, 1.82) is 0 Å². The maximum Gasteiger partial charge on any atom is 0.179 e. The van der Waals surface area contributed by atoms with Gasteiger partial charge in [-0.1, -0.05) is 0 Å². The fourth-order valence-electron chi connectivity index (χ4n) is 1.49. The maximum absolute atomic E-state index is 11.6. The summed E-state index contributed by atoms with van der Waals surface area (Å²) in [6, 6.07) is 3.06. The lowest BCUT2D eigenvalue weighted by atomic mass is 10.2. The first-order chi connectivity index (χ1) is 7.93. The molecule has 0 bridgehead atoms. The van der Waals surface area contributed by atoms with Gasteiger partial charge in [0.15, 0.2) is 9.84 Å². The van der Waals surface area contributed by atoms with Crippen LogP contribution in [0.25, 0.3) is 0 Å². The van der Waals surface area contributed by atoms with Gasteiger partial charge < -0.3 is 14.2 Å². The predicted molar refractivity (Wildman–Crippen MR) is 63.4 cm³/mol. The Morgan fingerprint density at radius 2 is 1.65 bits per heavy atom. The molecule has 1 aromatic rings. The van der Waals surface area contributed by atoms with Crippen molar-refractivity contribution >= 4 is 9.84 Å². The molecule has 6 heteroatoms. The molecule has 0 unspecified atom stereocenters. The molecule has 0 amide bonds. The van der Waals surface area contributed by atoms with E-state index in [0.29, 0.717) is 18.1 Å². The molecule has 0 spiro atoms. The second kappa shape index (κ2) is 5.37. The Kier molecular flexibility index (Phi) is 4.36. The highest BCUT2D eigenvalue weighted by Gasteiger charge is 2.18. The summed E-state index contributed by atoms with van der Waals surface area (Å²) in [6.45, 7) is 0.323. The summed E-state index contributed by atoms with van der Waals surface area (Å²) in [5.74, 6) is 0.758. The van der Waals surface area contributed by atoms with E-state index in [-0.39, 0.29) is 4.90 Å². The Morgan fingerprint density at radius 1 is 1.06 bits per heavy atom. The average Bonchev–Trinajstić information content (AvgIpc) is 2.27. The van der Waals surface area contributed by atoms with Crippen LogP contribution in [0, 0.1) is 0 Å². The summed E-state index contributed by atoms with van der Waals surface area (Å²) in [7, 11) is 1.10. The first kappa shape index (κ1) is 13.8. The van der Waals surface area contributed by atoms with Crippen molar-refractivity contribution in [3.63, 3.8) is 0 Å². The first-order valence-corrected chi connectivity index (χ1v) is 6.77. The Balaban J connectivity index is 3.43. The molecule has 0 aliphatic carbocycles. The van der Waals surface area contributed by atoms with Crippen LogP contribution in [0.4, 0.5) is 0 Å². The molecule has 1 rings (SSSR count). The van der Waals surface area contributed by atoms with Crippen LogP contribution >= 0.6 is 0 Å². The monoisotopic (exact) mass is 260 g/mol. The van der Waals surface area contributed by atoms with Crippen LogP contribution in [0.5, 0.6) is 11.5 Å². The van der Waals surface area contributed by atoms with Gasteiger partial charge in [0.05, 0.1) is 20.8 Å². The van der Waals surface area contributed by atoms with Crippen molar-refractivity contribution in [3.05, 3.63) is 17.7 Å². The van der Waals surface area contributed by atoms with E-state index < -0.39 is 9.84 Å². The van der Waals surface area contributed by atoms with Gasteiger partial charge in [0.1, 0.15) is 16.4 Å². The molecule has 0 N–H and O–H groups in total. The Morgan fingerprint density at radius 3 is 2.06 bits per heavy atom. The molecule has 0 fully saturated rings. The third kappa shape index (κ3) is 3.10. The summed E-state index contributed by atoms with van der Waals surface area (Å²) in [6.07, 6.45) is 1.13. The van der Waals surface area contributed by atoms with Gasteiger partial charge in [-0.2, -0.15) is 0 Å². The molecule has 0 saturated carbocycles. The van der Waals surface area contributed by atoms with Crippen LogP contribution < -0.4 is 9.47 Å². The number of sulfone groups is 1. The van der Waals surface area contributed by atoms with Crippen LogP contribution in [0.1, 0.15) is 5.56 Å². The van der Waals surface area contributed by atoms with Crippen molar-refractivity contribution in [2.45, 2.75) is 11.5 Å².